The van der Waals surface area contributed by atoms with Gasteiger partial charge in [-0.3, -0.25) is 9.58 Å². The molecule has 0 N–H and O–H groups in total. The summed E-state index contributed by atoms with van der Waals surface area (Å²) in [5.74, 6) is 0.357. The molecule has 4 nitrogen and oxygen atoms in total. The first kappa shape index (κ1) is 18.0. The van der Waals surface area contributed by atoms with Crippen LogP contribution in [-0.2, 0) is 18.3 Å². The molecular weight excluding hydrogens is 334 g/mol. The molecule has 1 aliphatic rings. The monoisotopic (exact) mass is 361 g/mol. The number of aryl methyl sites for hydroxylation is 1. The summed E-state index contributed by atoms with van der Waals surface area (Å²) in [6.07, 6.45) is 5.29. The van der Waals surface area contributed by atoms with Gasteiger partial charge in [0.15, 0.2) is 0 Å². The van der Waals surface area contributed by atoms with E-state index >= 15 is 0 Å². The number of rotatable bonds is 6. The average molecular weight is 361 g/mol. The Kier molecular flexibility index (Phi) is 5.66. The van der Waals surface area contributed by atoms with Crippen molar-refractivity contribution in [3.8, 4) is 0 Å². The third-order valence-electron chi connectivity index (χ3n) is 5.29. The summed E-state index contributed by atoms with van der Waals surface area (Å²) in [6.45, 7) is 3.67. The van der Waals surface area contributed by atoms with Crippen LogP contribution in [0.2, 0.25) is 0 Å². The summed E-state index contributed by atoms with van der Waals surface area (Å²) < 4.78 is 8.03. The highest BCUT2D eigenvalue weighted by atomic mass is 16.5. The van der Waals surface area contributed by atoms with Crippen LogP contribution in [0.5, 0.6) is 0 Å². The molecule has 4 heteroatoms. The van der Waals surface area contributed by atoms with E-state index in [9.17, 15) is 0 Å². The van der Waals surface area contributed by atoms with Crippen LogP contribution < -0.4 is 0 Å². The van der Waals surface area contributed by atoms with Crippen molar-refractivity contribution in [3.63, 3.8) is 0 Å². The number of ether oxygens (including phenoxy) is 1. The lowest BCUT2D eigenvalue weighted by Gasteiger charge is -2.34. The molecule has 1 aromatic heterocycles. The van der Waals surface area contributed by atoms with E-state index in [1.165, 1.54) is 16.7 Å². The zero-order valence-corrected chi connectivity index (χ0v) is 15.9. The third kappa shape index (κ3) is 4.65. The van der Waals surface area contributed by atoms with Crippen molar-refractivity contribution < 1.29 is 4.74 Å². The maximum Gasteiger partial charge on any atom is 0.0711 e. The summed E-state index contributed by atoms with van der Waals surface area (Å²) in [5.41, 5.74) is 3.98. The molecule has 0 amide bonds. The smallest absolute Gasteiger partial charge is 0.0711 e. The zero-order chi connectivity index (χ0) is 18.5. The minimum Gasteiger partial charge on any atom is -0.376 e. The topological polar surface area (TPSA) is 30.3 Å². The first-order chi connectivity index (χ1) is 13.3. The molecule has 0 spiro atoms. The summed E-state index contributed by atoms with van der Waals surface area (Å²) in [6, 6.07) is 21.6. The molecule has 0 unspecified atom stereocenters. The molecule has 0 saturated carbocycles. The first-order valence-corrected chi connectivity index (χ1v) is 9.69. The van der Waals surface area contributed by atoms with Crippen molar-refractivity contribution >= 4 is 0 Å². The summed E-state index contributed by atoms with van der Waals surface area (Å²) in [4.78, 5) is 2.48. The van der Waals surface area contributed by atoms with Gasteiger partial charge in [-0.2, -0.15) is 5.10 Å². The Morgan fingerprint density at radius 1 is 1.04 bits per heavy atom. The van der Waals surface area contributed by atoms with Gasteiger partial charge in [0.05, 0.1) is 18.9 Å². The Morgan fingerprint density at radius 3 is 2.30 bits per heavy atom. The normalized spacial score (nSPS) is 18.1. The fourth-order valence-electron chi connectivity index (χ4n) is 3.98. The van der Waals surface area contributed by atoms with E-state index in [4.69, 9.17) is 4.74 Å². The Bertz CT molecular complexity index is 792. The lowest BCUT2D eigenvalue weighted by atomic mass is 9.86. The summed E-state index contributed by atoms with van der Waals surface area (Å²) in [5, 5.41) is 4.29. The van der Waals surface area contributed by atoms with Crippen LogP contribution in [0.3, 0.4) is 0 Å². The Morgan fingerprint density at radius 2 is 1.70 bits per heavy atom. The molecule has 2 heterocycles. The van der Waals surface area contributed by atoms with Crippen molar-refractivity contribution in [2.24, 2.45) is 7.05 Å². The Labute approximate surface area is 161 Å². The van der Waals surface area contributed by atoms with Gasteiger partial charge in [0.25, 0.3) is 0 Å². The van der Waals surface area contributed by atoms with Gasteiger partial charge in [-0.1, -0.05) is 60.7 Å². The van der Waals surface area contributed by atoms with Crippen molar-refractivity contribution in [2.75, 3.05) is 19.7 Å². The fourth-order valence-corrected chi connectivity index (χ4v) is 3.98. The highest BCUT2D eigenvalue weighted by Gasteiger charge is 2.25. The van der Waals surface area contributed by atoms with Crippen LogP contribution >= 0.6 is 0 Å². The van der Waals surface area contributed by atoms with E-state index in [2.05, 4.69) is 76.9 Å². The molecule has 27 heavy (non-hydrogen) atoms. The molecule has 1 atom stereocenters. The molecule has 1 saturated heterocycles. The SMILES string of the molecule is Cn1cc(CN2CCO[C@@H](CC(c3ccccc3)c3ccccc3)C2)cn1. The van der Waals surface area contributed by atoms with Crippen LogP contribution in [0.4, 0.5) is 0 Å². The van der Waals surface area contributed by atoms with Gasteiger partial charge in [0.2, 0.25) is 0 Å². The van der Waals surface area contributed by atoms with E-state index < -0.39 is 0 Å². The minimum atomic E-state index is 0.237. The van der Waals surface area contributed by atoms with Crippen LogP contribution in [0.1, 0.15) is 29.0 Å². The molecule has 4 rings (SSSR count). The largest absolute Gasteiger partial charge is 0.376 e. The Balaban J connectivity index is 1.47. The maximum absolute atomic E-state index is 6.16. The van der Waals surface area contributed by atoms with E-state index in [-0.39, 0.29) is 6.10 Å². The van der Waals surface area contributed by atoms with Gasteiger partial charge in [-0.05, 0) is 17.5 Å². The van der Waals surface area contributed by atoms with Crippen LogP contribution in [0, 0.1) is 0 Å². The highest BCUT2D eigenvalue weighted by Crippen LogP contribution is 2.31. The van der Waals surface area contributed by atoms with Gasteiger partial charge < -0.3 is 4.74 Å². The third-order valence-corrected chi connectivity index (χ3v) is 5.29. The van der Waals surface area contributed by atoms with Gasteiger partial charge in [0, 0.05) is 44.4 Å². The molecule has 2 aromatic carbocycles. The van der Waals surface area contributed by atoms with E-state index in [0.717, 1.165) is 32.7 Å². The lowest BCUT2D eigenvalue weighted by Crippen LogP contribution is -2.42. The van der Waals surface area contributed by atoms with E-state index in [0.29, 0.717) is 5.92 Å². The summed E-state index contributed by atoms with van der Waals surface area (Å²) in [7, 11) is 1.97. The van der Waals surface area contributed by atoms with Gasteiger partial charge in [-0.25, -0.2) is 0 Å². The van der Waals surface area contributed by atoms with Gasteiger partial charge >= 0.3 is 0 Å². The number of aromatic nitrogens is 2. The molecule has 140 valence electrons. The molecule has 0 bridgehead atoms. The van der Waals surface area contributed by atoms with Crippen LogP contribution in [0.25, 0.3) is 0 Å². The quantitative estimate of drug-likeness (QED) is 0.668. The second-order valence-electron chi connectivity index (χ2n) is 7.36. The number of morpholine rings is 1. The minimum absolute atomic E-state index is 0.237. The lowest BCUT2D eigenvalue weighted by molar-refractivity contribution is -0.0364. The highest BCUT2D eigenvalue weighted by molar-refractivity contribution is 5.32. The van der Waals surface area contributed by atoms with Crippen LogP contribution in [0.15, 0.2) is 73.1 Å². The molecule has 3 aromatic rings. The predicted molar refractivity (Wildman–Crippen MR) is 108 cm³/mol. The number of hydrogen-bond acceptors (Lipinski definition) is 3. The molecule has 1 fully saturated rings. The van der Waals surface area contributed by atoms with Gasteiger partial charge in [0.1, 0.15) is 0 Å². The second-order valence-corrected chi connectivity index (χ2v) is 7.36. The standard InChI is InChI=1S/C23H27N3O/c1-25-16-19(15-24-25)17-26-12-13-27-22(18-26)14-23(20-8-4-2-5-9-20)21-10-6-3-7-11-21/h2-11,15-16,22-23H,12-14,17-18H2,1H3/t22-/m0/s1. The van der Waals surface area contributed by atoms with Crippen molar-refractivity contribution in [1.29, 1.82) is 0 Å². The van der Waals surface area contributed by atoms with Crippen molar-refractivity contribution in [3.05, 3.63) is 89.7 Å². The molecule has 0 aliphatic carbocycles. The maximum atomic E-state index is 6.16. The molecule has 1 aliphatic heterocycles. The van der Waals surface area contributed by atoms with Gasteiger partial charge in [-0.15, -0.1) is 0 Å². The van der Waals surface area contributed by atoms with E-state index in [1.807, 2.05) is 17.9 Å². The Hall–Kier alpha value is -2.43. The van der Waals surface area contributed by atoms with Crippen molar-refractivity contribution in [2.45, 2.75) is 25.0 Å². The molecular formula is C23H27N3O. The van der Waals surface area contributed by atoms with E-state index in [1.54, 1.807) is 0 Å². The second kappa shape index (κ2) is 8.51. The fraction of sp³-hybridized carbons (Fsp3) is 0.348. The van der Waals surface area contributed by atoms with Crippen molar-refractivity contribution in [1.82, 2.24) is 14.7 Å². The predicted octanol–water partition coefficient (Wildman–Crippen LogP) is 3.84. The number of benzene rings is 2. The average Bonchev–Trinajstić information content (AvgIpc) is 3.12. The zero-order valence-electron chi connectivity index (χ0n) is 15.9. The molecule has 0 radical (unpaired) electrons. The number of nitrogens with zero attached hydrogens (tertiary/aromatic N) is 3. The van der Waals surface area contributed by atoms with Crippen LogP contribution in [-0.4, -0.2) is 40.5 Å². The summed E-state index contributed by atoms with van der Waals surface area (Å²) >= 11 is 0. The number of hydrogen-bond donors (Lipinski definition) is 0. The first-order valence-electron chi connectivity index (χ1n) is 9.69.